The number of esters is 1. The Hall–Kier alpha value is -3.13. The number of hydrogen-bond donors (Lipinski definition) is 1. The van der Waals surface area contributed by atoms with E-state index in [1.54, 1.807) is 50.2 Å². The summed E-state index contributed by atoms with van der Waals surface area (Å²) in [6.07, 6.45) is -0.194. The number of carbonyl (C=O) groups excluding carboxylic acids is 2. The first kappa shape index (κ1) is 19.6. The fourth-order valence-corrected chi connectivity index (χ4v) is 3.43. The summed E-state index contributed by atoms with van der Waals surface area (Å²) in [7, 11) is 3.04. The van der Waals surface area contributed by atoms with Crippen LogP contribution in [0.25, 0.3) is 10.2 Å². The number of aromatic nitrogens is 1. The van der Waals surface area contributed by atoms with E-state index in [0.29, 0.717) is 33.3 Å². The van der Waals surface area contributed by atoms with Crippen LogP contribution < -0.4 is 14.8 Å². The summed E-state index contributed by atoms with van der Waals surface area (Å²) in [5.74, 6) is 0.299. The number of ether oxygens (including phenoxy) is 3. The zero-order chi connectivity index (χ0) is 20.3. The Bertz CT molecular complexity index is 1030. The molecule has 0 unspecified atom stereocenters. The van der Waals surface area contributed by atoms with Gasteiger partial charge >= 0.3 is 5.97 Å². The second-order valence-corrected chi connectivity index (χ2v) is 7.21. The van der Waals surface area contributed by atoms with Crippen LogP contribution in [0.15, 0.2) is 36.4 Å². The summed E-state index contributed by atoms with van der Waals surface area (Å²) in [4.78, 5) is 29.0. The summed E-state index contributed by atoms with van der Waals surface area (Å²) in [5.41, 5.74) is 1.55. The van der Waals surface area contributed by atoms with Gasteiger partial charge in [0.05, 0.1) is 36.1 Å². The van der Waals surface area contributed by atoms with E-state index >= 15 is 0 Å². The van der Waals surface area contributed by atoms with Gasteiger partial charge in [-0.25, -0.2) is 9.78 Å². The first-order chi connectivity index (χ1) is 13.4. The lowest BCUT2D eigenvalue weighted by Gasteiger charge is -2.09. The summed E-state index contributed by atoms with van der Waals surface area (Å²) in [6.45, 7) is 3.59. The number of carbonyl (C=O) groups is 2. The van der Waals surface area contributed by atoms with E-state index in [9.17, 15) is 9.59 Å². The van der Waals surface area contributed by atoms with E-state index in [1.165, 1.54) is 25.6 Å². The minimum Gasteiger partial charge on any atom is -0.493 e. The lowest BCUT2D eigenvalue weighted by molar-refractivity contribution is 0.0378. The van der Waals surface area contributed by atoms with Crippen LogP contribution in [0.3, 0.4) is 0 Å². The molecule has 1 aromatic heterocycles. The Morgan fingerprint density at radius 2 is 1.71 bits per heavy atom. The highest BCUT2D eigenvalue weighted by atomic mass is 32.1. The van der Waals surface area contributed by atoms with Crippen molar-refractivity contribution in [2.24, 2.45) is 0 Å². The van der Waals surface area contributed by atoms with Crippen LogP contribution in [0.5, 0.6) is 11.5 Å². The van der Waals surface area contributed by atoms with Crippen molar-refractivity contribution in [3.05, 3.63) is 47.5 Å². The number of nitrogens with one attached hydrogen (secondary N) is 1. The first-order valence-electron chi connectivity index (χ1n) is 8.56. The maximum atomic E-state index is 12.5. The van der Waals surface area contributed by atoms with Gasteiger partial charge in [-0.3, -0.25) is 10.1 Å². The minimum absolute atomic E-state index is 0.194. The number of rotatable bonds is 6. The van der Waals surface area contributed by atoms with Crippen LogP contribution in [0.1, 0.15) is 34.6 Å². The van der Waals surface area contributed by atoms with Crippen LogP contribution in [-0.2, 0) is 4.74 Å². The van der Waals surface area contributed by atoms with Gasteiger partial charge in [0.25, 0.3) is 5.91 Å². The second-order valence-electron chi connectivity index (χ2n) is 6.18. The molecule has 0 atom stereocenters. The second kappa shape index (κ2) is 8.26. The van der Waals surface area contributed by atoms with E-state index in [2.05, 4.69) is 10.3 Å². The van der Waals surface area contributed by atoms with Gasteiger partial charge in [-0.15, -0.1) is 0 Å². The molecule has 0 saturated heterocycles. The number of fused-ring (bicyclic) bond motifs is 1. The Labute approximate surface area is 166 Å². The molecular weight excluding hydrogens is 380 g/mol. The number of hydrogen-bond acceptors (Lipinski definition) is 7. The van der Waals surface area contributed by atoms with Crippen molar-refractivity contribution in [3.63, 3.8) is 0 Å². The largest absolute Gasteiger partial charge is 0.493 e. The molecule has 1 N–H and O–H groups in total. The molecule has 0 spiro atoms. The van der Waals surface area contributed by atoms with Crippen LogP contribution in [-0.4, -0.2) is 37.2 Å². The Morgan fingerprint density at radius 1 is 1.00 bits per heavy atom. The average Bonchev–Trinajstić information content (AvgIpc) is 3.08. The normalized spacial score (nSPS) is 10.8. The number of anilines is 1. The zero-order valence-electron chi connectivity index (χ0n) is 15.9. The molecule has 0 radical (unpaired) electrons. The maximum Gasteiger partial charge on any atom is 0.338 e. The first-order valence-corrected chi connectivity index (χ1v) is 9.38. The van der Waals surface area contributed by atoms with Gasteiger partial charge in [-0.2, -0.15) is 0 Å². The molecule has 7 nitrogen and oxygen atoms in total. The van der Waals surface area contributed by atoms with Gasteiger partial charge in [0.1, 0.15) is 0 Å². The Balaban J connectivity index is 1.80. The topological polar surface area (TPSA) is 86.8 Å². The van der Waals surface area contributed by atoms with Gasteiger partial charge in [-0.05, 0) is 50.2 Å². The monoisotopic (exact) mass is 400 g/mol. The highest BCUT2D eigenvalue weighted by Gasteiger charge is 2.15. The average molecular weight is 400 g/mol. The van der Waals surface area contributed by atoms with E-state index < -0.39 is 0 Å². The molecule has 146 valence electrons. The van der Waals surface area contributed by atoms with Crippen molar-refractivity contribution in [1.29, 1.82) is 0 Å². The minimum atomic E-state index is -0.388. The number of nitrogens with zero attached hydrogens (tertiary/aromatic N) is 1. The van der Waals surface area contributed by atoms with Gasteiger partial charge in [0.2, 0.25) is 0 Å². The summed E-state index contributed by atoms with van der Waals surface area (Å²) in [5, 5.41) is 3.21. The molecule has 0 saturated carbocycles. The third-order valence-corrected chi connectivity index (χ3v) is 4.77. The standard InChI is InChI=1S/C20H20N2O5S/c1-11(2)27-19(24)13-5-7-14-17(10-13)28-20(21-14)22-18(23)12-6-8-15(25-3)16(9-12)26-4/h5-11H,1-4H3,(H,21,22,23). The predicted molar refractivity (Wildman–Crippen MR) is 108 cm³/mol. The number of thiazole rings is 1. The van der Waals surface area contributed by atoms with Gasteiger partial charge < -0.3 is 14.2 Å². The van der Waals surface area contributed by atoms with Crippen LogP contribution in [0.2, 0.25) is 0 Å². The molecule has 28 heavy (non-hydrogen) atoms. The lowest BCUT2D eigenvalue weighted by Crippen LogP contribution is -2.11. The zero-order valence-corrected chi connectivity index (χ0v) is 16.8. The Kier molecular flexibility index (Phi) is 5.79. The highest BCUT2D eigenvalue weighted by Crippen LogP contribution is 2.30. The molecule has 0 fully saturated rings. The number of amides is 1. The molecule has 2 aromatic carbocycles. The lowest BCUT2D eigenvalue weighted by atomic mass is 10.2. The summed E-state index contributed by atoms with van der Waals surface area (Å²) < 4.78 is 16.4. The third kappa shape index (κ3) is 4.23. The number of methoxy groups -OCH3 is 2. The van der Waals surface area contributed by atoms with E-state index in [4.69, 9.17) is 14.2 Å². The Morgan fingerprint density at radius 3 is 2.39 bits per heavy atom. The van der Waals surface area contributed by atoms with Crippen molar-refractivity contribution >= 4 is 38.6 Å². The molecule has 0 aliphatic carbocycles. The molecule has 0 aliphatic rings. The maximum absolute atomic E-state index is 12.5. The van der Waals surface area contributed by atoms with Gasteiger partial charge in [-0.1, -0.05) is 11.3 Å². The molecule has 3 aromatic rings. The molecule has 1 amide bonds. The summed E-state index contributed by atoms with van der Waals surface area (Å²) in [6, 6.07) is 10.0. The molecule has 8 heteroatoms. The number of benzene rings is 2. The molecular formula is C20H20N2O5S. The van der Waals surface area contributed by atoms with Crippen molar-refractivity contribution in [2.45, 2.75) is 20.0 Å². The molecule has 1 heterocycles. The summed E-state index contributed by atoms with van der Waals surface area (Å²) >= 11 is 1.28. The van der Waals surface area contributed by atoms with Gasteiger partial charge in [0.15, 0.2) is 16.6 Å². The van der Waals surface area contributed by atoms with E-state index in [1.807, 2.05) is 0 Å². The SMILES string of the molecule is COc1ccc(C(=O)Nc2nc3ccc(C(=O)OC(C)C)cc3s2)cc1OC. The molecule has 0 aliphatic heterocycles. The van der Waals surface area contributed by atoms with Crippen molar-refractivity contribution < 1.29 is 23.8 Å². The molecule has 0 bridgehead atoms. The third-order valence-electron chi connectivity index (χ3n) is 3.83. The van der Waals surface area contributed by atoms with Crippen LogP contribution in [0.4, 0.5) is 5.13 Å². The quantitative estimate of drug-likeness (QED) is 0.626. The van der Waals surface area contributed by atoms with Crippen molar-refractivity contribution in [3.8, 4) is 11.5 Å². The van der Waals surface area contributed by atoms with E-state index in [-0.39, 0.29) is 18.0 Å². The fourth-order valence-electron chi connectivity index (χ4n) is 2.53. The fraction of sp³-hybridized carbons (Fsp3) is 0.250. The molecule has 3 rings (SSSR count). The van der Waals surface area contributed by atoms with E-state index in [0.717, 1.165) is 4.70 Å². The van der Waals surface area contributed by atoms with Crippen molar-refractivity contribution in [2.75, 3.05) is 19.5 Å². The van der Waals surface area contributed by atoms with Crippen LogP contribution >= 0.6 is 11.3 Å². The highest BCUT2D eigenvalue weighted by molar-refractivity contribution is 7.22. The predicted octanol–water partition coefficient (Wildman–Crippen LogP) is 4.13. The van der Waals surface area contributed by atoms with Crippen molar-refractivity contribution in [1.82, 2.24) is 4.98 Å². The smallest absolute Gasteiger partial charge is 0.338 e. The van der Waals surface area contributed by atoms with Crippen LogP contribution in [0, 0.1) is 0 Å². The van der Waals surface area contributed by atoms with Gasteiger partial charge in [0, 0.05) is 5.56 Å².